The van der Waals surface area contributed by atoms with Gasteiger partial charge in [-0.15, -0.1) is 0 Å². The summed E-state index contributed by atoms with van der Waals surface area (Å²) >= 11 is 0. The molecular formula is C16H24N4O3. The fraction of sp³-hybridized carbons (Fsp3) is 0.688. The van der Waals surface area contributed by atoms with Gasteiger partial charge in [0.25, 0.3) is 0 Å². The summed E-state index contributed by atoms with van der Waals surface area (Å²) in [5, 5.41) is 0. The summed E-state index contributed by atoms with van der Waals surface area (Å²) in [6.07, 6.45) is 8.80. The third kappa shape index (κ3) is 3.72. The van der Waals surface area contributed by atoms with Gasteiger partial charge in [-0.1, -0.05) is 12.8 Å². The molecule has 2 heterocycles. The van der Waals surface area contributed by atoms with Crippen molar-refractivity contribution in [3.8, 4) is 5.88 Å². The van der Waals surface area contributed by atoms with Crippen molar-refractivity contribution in [3.05, 3.63) is 12.4 Å². The van der Waals surface area contributed by atoms with E-state index in [2.05, 4.69) is 9.97 Å². The van der Waals surface area contributed by atoms with Crippen LogP contribution in [0.1, 0.15) is 32.1 Å². The maximum Gasteiger partial charge on any atom is 0.240 e. The Morgan fingerprint density at radius 1 is 1.39 bits per heavy atom. The Kier molecular flexibility index (Phi) is 4.95. The second-order valence-corrected chi connectivity index (χ2v) is 6.34. The maximum absolute atomic E-state index is 11.7. The minimum Gasteiger partial charge on any atom is -0.476 e. The quantitative estimate of drug-likeness (QED) is 0.845. The predicted molar refractivity (Wildman–Crippen MR) is 85.2 cm³/mol. The first-order valence-corrected chi connectivity index (χ1v) is 8.21. The normalized spacial score (nSPS) is 25.0. The molecule has 2 atom stereocenters. The second kappa shape index (κ2) is 7.12. The van der Waals surface area contributed by atoms with Crippen molar-refractivity contribution in [1.29, 1.82) is 0 Å². The van der Waals surface area contributed by atoms with Crippen LogP contribution in [0.4, 0.5) is 5.82 Å². The molecule has 0 unspecified atom stereocenters. The van der Waals surface area contributed by atoms with Gasteiger partial charge in [-0.2, -0.15) is 4.98 Å². The summed E-state index contributed by atoms with van der Waals surface area (Å²) in [5.74, 6) is 1.35. The van der Waals surface area contributed by atoms with Crippen molar-refractivity contribution in [2.75, 3.05) is 25.2 Å². The number of anilines is 1. The number of aromatic nitrogens is 2. The summed E-state index contributed by atoms with van der Waals surface area (Å²) in [6, 6.07) is -0.417. The molecule has 1 aliphatic carbocycles. The molecule has 0 aromatic carbocycles. The number of carbonyl (C=O) groups is 1. The Balaban J connectivity index is 1.69. The lowest BCUT2D eigenvalue weighted by molar-refractivity contribution is -0.119. The van der Waals surface area contributed by atoms with Crippen LogP contribution < -0.4 is 15.4 Å². The maximum atomic E-state index is 11.7. The van der Waals surface area contributed by atoms with E-state index < -0.39 is 6.04 Å². The molecule has 1 saturated heterocycles. The summed E-state index contributed by atoms with van der Waals surface area (Å²) in [4.78, 5) is 22.2. The number of nitrogens with two attached hydrogens (primary N) is 1. The van der Waals surface area contributed by atoms with Crippen LogP contribution in [-0.2, 0) is 9.53 Å². The fourth-order valence-corrected chi connectivity index (χ4v) is 3.42. The van der Waals surface area contributed by atoms with Crippen LogP contribution in [0.3, 0.4) is 0 Å². The largest absolute Gasteiger partial charge is 0.476 e. The number of methoxy groups -OCH3 is 1. The number of ether oxygens (including phenoxy) is 2. The lowest BCUT2D eigenvalue weighted by atomic mass is 10.1. The van der Waals surface area contributed by atoms with Crippen LogP contribution in [0.2, 0.25) is 0 Å². The molecule has 2 fully saturated rings. The van der Waals surface area contributed by atoms with Crippen molar-refractivity contribution < 1.29 is 14.3 Å². The monoisotopic (exact) mass is 320 g/mol. The van der Waals surface area contributed by atoms with Crippen LogP contribution in [0, 0.1) is 5.92 Å². The van der Waals surface area contributed by atoms with Crippen LogP contribution in [-0.4, -0.2) is 48.3 Å². The molecule has 23 heavy (non-hydrogen) atoms. The summed E-state index contributed by atoms with van der Waals surface area (Å²) in [6.45, 7) is 1.25. The van der Waals surface area contributed by atoms with E-state index in [1.165, 1.54) is 25.7 Å². The van der Waals surface area contributed by atoms with E-state index in [1.807, 2.05) is 4.90 Å². The van der Waals surface area contributed by atoms with Gasteiger partial charge in [-0.3, -0.25) is 9.78 Å². The molecule has 0 bridgehead atoms. The SMILES string of the molecule is CO[C@H]1C[C@@H](C(N)=O)N(c2cncc(OCC3CCCC3)n2)C1. The number of carbonyl (C=O) groups excluding carboxylic acids is 1. The zero-order valence-corrected chi connectivity index (χ0v) is 13.5. The highest BCUT2D eigenvalue weighted by molar-refractivity contribution is 5.84. The van der Waals surface area contributed by atoms with Crippen molar-refractivity contribution in [2.24, 2.45) is 11.7 Å². The van der Waals surface area contributed by atoms with E-state index >= 15 is 0 Å². The number of amides is 1. The van der Waals surface area contributed by atoms with Gasteiger partial charge >= 0.3 is 0 Å². The van der Waals surface area contributed by atoms with Crippen molar-refractivity contribution >= 4 is 11.7 Å². The number of nitrogens with zero attached hydrogens (tertiary/aromatic N) is 3. The predicted octanol–water partition coefficient (Wildman–Crippen LogP) is 1.12. The molecule has 7 nitrogen and oxygen atoms in total. The highest BCUT2D eigenvalue weighted by Crippen LogP contribution is 2.28. The highest BCUT2D eigenvalue weighted by atomic mass is 16.5. The minimum absolute atomic E-state index is 0.0302. The van der Waals surface area contributed by atoms with Crippen molar-refractivity contribution in [2.45, 2.75) is 44.2 Å². The molecule has 7 heteroatoms. The number of primary amides is 1. The molecule has 0 spiro atoms. The molecule has 1 aliphatic heterocycles. The first-order valence-electron chi connectivity index (χ1n) is 8.21. The summed E-state index contributed by atoms with van der Waals surface area (Å²) < 4.78 is 11.2. The van der Waals surface area contributed by atoms with Gasteiger partial charge in [0.15, 0.2) is 5.82 Å². The molecule has 126 valence electrons. The third-order valence-electron chi connectivity index (χ3n) is 4.76. The number of hydrogen-bond donors (Lipinski definition) is 1. The van der Waals surface area contributed by atoms with E-state index in [4.69, 9.17) is 15.2 Å². The highest BCUT2D eigenvalue weighted by Gasteiger charge is 2.36. The fourth-order valence-electron chi connectivity index (χ4n) is 3.42. The molecule has 1 aromatic rings. The van der Waals surface area contributed by atoms with Gasteiger partial charge in [0, 0.05) is 20.1 Å². The van der Waals surface area contributed by atoms with E-state index in [0.29, 0.717) is 37.2 Å². The average molecular weight is 320 g/mol. The Labute approximate surface area is 136 Å². The van der Waals surface area contributed by atoms with E-state index in [0.717, 1.165) is 0 Å². The zero-order chi connectivity index (χ0) is 16.2. The smallest absolute Gasteiger partial charge is 0.240 e. The molecule has 3 rings (SSSR count). The van der Waals surface area contributed by atoms with E-state index in [-0.39, 0.29) is 12.0 Å². The third-order valence-corrected chi connectivity index (χ3v) is 4.76. The molecule has 0 radical (unpaired) electrons. The van der Waals surface area contributed by atoms with Crippen LogP contribution >= 0.6 is 0 Å². The Morgan fingerprint density at radius 3 is 2.87 bits per heavy atom. The number of hydrogen-bond acceptors (Lipinski definition) is 6. The summed E-state index contributed by atoms with van der Waals surface area (Å²) in [5.41, 5.74) is 5.51. The van der Waals surface area contributed by atoms with Gasteiger partial charge in [0.1, 0.15) is 6.04 Å². The van der Waals surface area contributed by atoms with Gasteiger partial charge in [-0.25, -0.2) is 0 Å². The van der Waals surface area contributed by atoms with Gasteiger partial charge in [0.05, 0.1) is 25.1 Å². The lowest BCUT2D eigenvalue weighted by Gasteiger charge is -2.23. The topological polar surface area (TPSA) is 90.6 Å². The minimum atomic E-state index is -0.417. The molecular weight excluding hydrogens is 296 g/mol. The average Bonchev–Trinajstić information content (AvgIpc) is 3.22. The zero-order valence-electron chi connectivity index (χ0n) is 13.5. The Hall–Kier alpha value is -1.89. The molecule has 2 aliphatic rings. The summed E-state index contributed by atoms with van der Waals surface area (Å²) in [7, 11) is 1.64. The van der Waals surface area contributed by atoms with Crippen LogP contribution in [0.25, 0.3) is 0 Å². The second-order valence-electron chi connectivity index (χ2n) is 6.34. The first-order chi connectivity index (χ1) is 11.2. The van der Waals surface area contributed by atoms with Crippen molar-refractivity contribution in [1.82, 2.24) is 9.97 Å². The van der Waals surface area contributed by atoms with Crippen LogP contribution in [0.15, 0.2) is 12.4 Å². The Morgan fingerprint density at radius 2 is 2.17 bits per heavy atom. The van der Waals surface area contributed by atoms with Gasteiger partial charge < -0.3 is 20.1 Å². The lowest BCUT2D eigenvalue weighted by Crippen LogP contribution is -2.40. The molecule has 2 N–H and O–H groups in total. The first kappa shape index (κ1) is 16.0. The molecule has 1 aromatic heterocycles. The van der Waals surface area contributed by atoms with Gasteiger partial charge in [0.2, 0.25) is 11.8 Å². The van der Waals surface area contributed by atoms with Gasteiger partial charge in [-0.05, 0) is 18.8 Å². The van der Waals surface area contributed by atoms with Crippen molar-refractivity contribution in [3.63, 3.8) is 0 Å². The Bertz CT molecular complexity index is 548. The standard InChI is InChI=1S/C16H24N4O3/c1-22-12-6-13(16(17)21)20(9-12)14-7-18-8-15(19-14)23-10-11-4-2-3-5-11/h7-8,11-13H,2-6,9-10H2,1H3,(H2,17,21)/t12-,13-/m0/s1. The molecule has 1 amide bonds. The molecule has 1 saturated carbocycles. The van der Waals surface area contributed by atoms with E-state index in [1.54, 1.807) is 19.5 Å². The van der Waals surface area contributed by atoms with Crippen LogP contribution in [0.5, 0.6) is 5.88 Å². The number of rotatable bonds is 6. The van der Waals surface area contributed by atoms with E-state index in [9.17, 15) is 4.79 Å².